The normalized spacial score (nSPS) is 28.3. The summed E-state index contributed by atoms with van der Waals surface area (Å²) in [5.74, 6) is 0.596. The number of rotatable bonds is 7. The van der Waals surface area contributed by atoms with Gasteiger partial charge in [0.1, 0.15) is 0 Å². The van der Waals surface area contributed by atoms with Crippen molar-refractivity contribution in [2.75, 3.05) is 19.7 Å². The maximum atomic E-state index is 11.7. The monoisotopic (exact) mass is 393 g/mol. The molecule has 2 saturated heterocycles. The summed E-state index contributed by atoms with van der Waals surface area (Å²) < 4.78 is 4.92. The number of hydroxylamine groups is 2. The number of carbonyl (C=O) groups is 2. The first kappa shape index (κ1) is 22.4. The average molecular weight is 394 g/mol. The van der Waals surface area contributed by atoms with Crippen molar-refractivity contribution in [2.45, 2.75) is 71.5 Å². The third-order valence-corrected chi connectivity index (χ3v) is 5.85. The van der Waals surface area contributed by atoms with E-state index in [-0.39, 0.29) is 12.1 Å². The van der Waals surface area contributed by atoms with E-state index in [1.165, 1.54) is 5.57 Å². The molecule has 1 amide bonds. The Balaban J connectivity index is 1.83. The second-order valence-corrected chi connectivity index (χ2v) is 7.82. The van der Waals surface area contributed by atoms with Crippen LogP contribution in [0.5, 0.6) is 0 Å². The molecule has 0 bridgehead atoms. The van der Waals surface area contributed by atoms with E-state index >= 15 is 0 Å². The number of nitrogens with one attached hydrogen (secondary N) is 1. The van der Waals surface area contributed by atoms with Gasteiger partial charge in [0.15, 0.2) is 0 Å². The minimum absolute atomic E-state index is 0.174. The maximum Gasteiger partial charge on any atom is 0.527 e. The quantitative estimate of drug-likeness (QED) is 0.407. The van der Waals surface area contributed by atoms with Gasteiger partial charge in [-0.05, 0) is 78.5 Å². The molecule has 2 heterocycles. The van der Waals surface area contributed by atoms with Crippen LogP contribution < -0.4 is 5.32 Å². The maximum absolute atomic E-state index is 11.7. The van der Waals surface area contributed by atoms with E-state index in [9.17, 15) is 9.59 Å². The highest BCUT2D eigenvalue weighted by atomic mass is 16.8. The number of amides is 1. The summed E-state index contributed by atoms with van der Waals surface area (Å²) in [5, 5.41) is 4.33. The van der Waals surface area contributed by atoms with Crippen molar-refractivity contribution >= 4 is 12.6 Å². The number of nitrogens with zero attached hydrogens (tertiary/aromatic N) is 2. The fourth-order valence-corrected chi connectivity index (χ4v) is 4.39. The molecule has 7 heteroatoms. The molecular weight excluding hydrogens is 358 g/mol. The van der Waals surface area contributed by atoms with Gasteiger partial charge in [0.2, 0.25) is 6.41 Å². The third kappa shape index (κ3) is 6.34. The summed E-state index contributed by atoms with van der Waals surface area (Å²) in [7, 11) is 0. The van der Waals surface area contributed by atoms with E-state index in [2.05, 4.69) is 37.1 Å². The van der Waals surface area contributed by atoms with Gasteiger partial charge in [0.05, 0.1) is 6.61 Å². The molecule has 2 aliphatic heterocycles. The van der Waals surface area contributed by atoms with Crippen LogP contribution >= 0.6 is 0 Å². The Hall–Kier alpha value is -1.86. The van der Waals surface area contributed by atoms with Gasteiger partial charge in [-0.15, -0.1) is 5.06 Å². The molecule has 0 radical (unpaired) electrons. The number of piperidine rings is 2. The van der Waals surface area contributed by atoms with Crippen molar-refractivity contribution in [2.24, 2.45) is 5.92 Å². The van der Waals surface area contributed by atoms with Gasteiger partial charge >= 0.3 is 6.16 Å². The molecule has 2 aliphatic rings. The summed E-state index contributed by atoms with van der Waals surface area (Å²) in [6.45, 7) is 10.7. The molecule has 1 N–H and O–H groups in total. The lowest BCUT2D eigenvalue weighted by Gasteiger charge is -2.46. The van der Waals surface area contributed by atoms with Crippen LogP contribution in [0, 0.1) is 5.92 Å². The van der Waals surface area contributed by atoms with Crippen molar-refractivity contribution in [1.82, 2.24) is 15.3 Å². The zero-order valence-corrected chi connectivity index (χ0v) is 17.6. The topological polar surface area (TPSA) is 71.1 Å². The highest BCUT2D eigenvalue weighted by Crippen LogP contribution is 2.31. The standard InChI is InChI=1S/C21H35N3O4/c1-5-27-21(26)28-24-17(3)13-20(14-18(24)4)23-11-8-19(9-12-23)16(2)7-6-10-22-15-25/h6-7,10,15,17-20H,5,8-9,11-14H2,1-4H3,(H,22,25)/b10-6-,16-7+. The van der Waals surface area contributed by atoms with Gasteiger partial charge in [0.25, 0.3) is 0 Å². The third-order valence-electron chi connectivity index (χ3n) is 5.85. The SMILES string of the molecule is CCOC(=O)ON1C(C)CC(N2CCC(/C(C)=C/C=C\NC=O)CC2)CC1C. The zero-order chi connectivity index (χ0) is 20.5. The van der Waals surface area contributed by atoms with Crippen molar-refractivity contribution in [3.05, 3.63) is 23.9 Å². The highest BCUT2D eigenvalue weighted by Gasteiger charge is 2.37. The van der Waals surface area contributed by atoms with E-state index in [0.717, 1.165) is 38.8 Å². The first-order chi connectivity index (χ1) is 13.5. The predicted octanol–water partition coefficient (Wildman–Crippen LogP) is 3.23. The molecule has 158 valence electrons. The van der Waals surface area contributed by atoms with Gasteiger partial charge in [-0.25, -0.2) is 4.79 Å². The van der Waals surface area contributed by atoms with E-state index in [1.807, 2.05) is 6.08 Å². The van der Waals surface area contributed by atoms with Crippen LogP contribution in [0.1, 0.15) is 53.4 Å². The Labute approximate surface area is 168 Å². The van der Waals surface area contributed by atoms with E-state index in [4.69, 9.17) is 9.57 Å². The summed E-state index contributed by atoms with van der Waals surface area (Å²) >= 11 is 0. The second-order valence-electron chi connectivity index (χ2n) is 7.82. The summed E-state index contributed by atoms with van der Waals surface area (Å²) in [6, 6.07) is 0.870. The van der Waals surface area contributed by atoms with Gasteiger partial charge < -0.3 is 19.8 Å². The van der Waals surface area contributed by atoms with Crippen molar-refractivity contribution in [3.63, 3.8) is 0 Å². The number of carbonyl (C=O) groups excluding carboxylic acids is 2. The number of allylic oxidation sites excluding steroid dienone is 3. The van der Waals surface area contributed by atoms with Crippen LogP contribution in [-0.4, -0.2) is 60.4 Å². The van der Waals surface area contributed by atoms with Gasteiger partial charge in [-0.1, -0.05) is 11.6 Å². The number of likely N-dealkylation sites (tertiary alicyclic amines) is 1. The van der Waals surface area contributed by atoms with Crippen LogP contribution in [0.25, 0.3) is 0 Å². The molecule has 0 aromatic rings. The first-order valence-electron chi connectivity index (χ1n) is 10.4. The minimum atomic E-state index is -0.611. The van der Waals surface area contributed by atoms with Gasteiger partial charge in [0, 0.05) is 24.3 Å². The van der Waals surface area contributed by atoms with Gasteiger partial charge in [-0.3, -0.25) is 4.79 Å². The Morgan fingerprint density at radius 3 is 2.39 bits per heavy atom. The predicted molar refractivity (Wildman–Crippen MR) is 108 cm³/mol. The molecular formula is C21H35N3O4. The van der Waals surface area contributed by atoms with Crippen molar-refractivity contribution in [3.8, 4) is 0 Å². The van der Waals surface area contributed by atoms with Crippen LogP contribution in [-0.2, 0) is 14.4 Å². The number of hydrogen-bond donors (Lipinski definition) is 1. The van der Waals surface area contributed by atoms with E-state index in [1.54, 1.807) is 18.2 Å². The second kappa shape index (κ2) is 11.2. The fourth-order valence-electron chi connectivity index (χ4n) is 4.39. The largest absolute Gasteiger partial charge is 0.527 e. The summed E-state index contributed by atoms with van der Waals surface area (Å²) in [5.41, 5.74) is 1.36. The van der Waals surface area contributed by atoms with Crippen molar-refractivity contribution < 1.29 is 19.2 Å². The molecule has 2 atom stereocenters. The Morgan fingerprint density at radius 1 is 1.18 bits per heavy atom. The van der Waals surface area contributed by atoms with Crippen molar-refractivity contribution in [1.29, 1.82) is 0 Å². The Kier molecular flexibility index (Phi) is 8.99. The Morgan fingerprint density at radius 2 is 1.82 bits per heavy atom. The van der Waals surface area contributed by atoms with Crippen LogP contribution in [0.4, 0.5) is 4.79 Å². The van der Waals surface area contributed by atoms with Crippen LogP contribution in [0.3, 0.4) is 0 Å². The first-order valence-corrected chi connectivity index (χ1v) is 10.4. The molecule has 28 heavy (non-hydrogen) atoms. The minimum Gasteiger partial charge on any atom is -0.433 e. The molecule has 0 aromatic heterocycles. The summed E-state index contributed by atoms with van der Waals surface area (Å²) in [4.78, 5) is 29.9. The molecule has 2 unspecified atom stereocenters. The smallest absolute Gasteiger partial charge is 0.433 e. The number of ether oxygens (including phenoxy) is 1. The van der Waals surface area contributed by atoms with Crippen LogP contribution in [0.2, 0.25) is 0 Å². The molecule has 7 nitrogen and oxygen atoms in total. The zero-order valence-electron chi connectivity index (χ0n) is 17.6. The lowest BCUT2D eigenvalue weighted by molar-refractivity contribution is -0.196. The molecule has 0 aromatic carbocycles. The lowest BCUT2D eigenvalue weighted by Crippen LogP contribution is -2.54. The average Bonchev–Trinajstić information content (AvgIpc) is 2.68. The van der Waals surface area contributed by atoms with E-state index in [0.29, 0.717) is 25.0 Å². The molecule has 0 aliphatic carbocycles. The number of hydrogen-bond acceptors (Lipinski definition) is 6. The highest BCUT2D eigenvalue weighted by molar-refractivity contribution is 5.59. The lowest BCUT2D eigenvalue weighted by atomic mass is 9.86. The molecule has 0 saturated carbocycles. The van der Waals surface area contributed by atoms with E-state index < -0.39 is 6.16 Å². The van der Waals surface area contributed by atoms with Crippen LogP contribution in [0.15, 0.2) is 23.9 Å². The molecule has 2 rings (SSSR count). The fraction of sp³-hybridized carbons (Fsp3) is 0.714. The molecule has 2 fully saturated rings. The van der Waals surface area contributed by atoms with Gasteiger partial charge in [-0.2, -0.15) is 0 Å². The summed E-state index contributed by atoms with van der Waals surface area (Å²) in [6.07, 6.45) is 9.97. The Bertz CT molecular complexity index is 558. The molecule has 0 spiro atoms.